The lowest BCUT2D eigenvalue weighted by atomic mass is 10.2. The van der Waals surface area contributed by atoms with E-state index in [-0.39, 0.29) is 5.25 Å². The maximum absolute atomic E-state index is 12.0. The third-order valence-electron chi connectivity index (χ3n) is 3.43. The van der Waals surface area contributed by atoms with Crippen LogP contribution in [0.15, 0.2) is 6.20 Å². The first kappa shape index (κ1) is 14.0. The molecule has 1 saturated heterocycles. The van der Waals surface area contributed by atoms with Gasteiger partial charge in [-0.2, -0.15) is 0 Å². The van der Waals surface area contributed by atoms with Crippen molar-refractivity contribution in [1.82, 2.24) is 10.3 Å². The van der Waals surface area contributed by atoms with E-state index < -0.39 is 9.84 Å². The molecule has 1 aliphatic rings. The van der Waals surface area contributed by atoms with Crippen molar-refractivity contribution in [3.05, 3.63) is 16.1 Å². The summed E-state index contributed by atoms with van der Waals surface area (Å²) in [5.41, 5.74) is 0. The van der Waals surface area contributed by atoms with E-state index in [2.05, 4.69) is 17.2 Å². The van der Waals surface area contributed by atoms with Gasteiger partial charge < -0.3 is 5.32 Å². The summed E-state index contributed by atoms with van der Waals surface area (Å²) in [6, 6.07) is 0.390. The van der Waals surface area contributed by atoms with Gasteiger partial charge in [-0.25, -0.2) is 13.4 Å². The Kier molecular flexibility index (Phi) is 4.40. The van der Waals surface area contributed by atoms with Crippen molar-refractivity contribution in [1.29, 1.82) is 0 Å². The van der Waals surface area contributed by atoms with E-state index in [1.807, 2.05) is 13.2 Å². The Bertz CT molecular complexity index is 496. The topological polar surface area (TPSA) is 59.1 Å². The number of aromatic nitrogens is 1. The molecule has 6 heteroatoms. The van der Waals surface area contributed by atoms with Gasteiger partial charge in [0.1, 0.15) is 10.3 Å². The largest absolute Gasteiger partial charge is 0.317 e. The average Bonchev–Trinajstić information content (AvgIpc) is 2.76. The number of hydrogen-bond acceptors (Lipinski definition) is 5. The molecule has 2 atom stereocenters. The van der Waals surface area contributed by atoms with Gasteiger partial charge in [-0.1, -0.05) is 6.42 Å². The zero-order valence-electron chi connectivity index (χ0n) is 10.8. The molecule has 0 spiro atoms. The van der Waals surface area contributed by atoms with Crippen LogP contribution in [0.4, 0.5) is 0 Å². The van der Waals surface area contributed by atoms with Gasteiger partial charge >= 0.3 is 0 Å². The summed E-state index contributed by atoms with van der Waals surface area (Å²) in [4.78, 5) is 5.49. The highest BCUT2D eigenvalue weighted by Crippen LogP contribution is 2.35. The number of nitrogens with one attached hydrogen (secondary N) is 1. The lowest BCUT2D eigenvalue weighted by Gasteiger charge is -2.19. The second-order valence-electron chi connectivity index (χ2n) is 4.91. The van der Waals surface area contributed by atoms with E-state index in [1.165, 1.54) is 0 Å². The van der Waals surface area contributed by atoms with Crippen LogP contribution in [0, 0.1) is 0 Å². The van der Waals surface area contributed by atoms with Gasteiger partial charge in [0.2, 0.25) is 0 Å². The summed E-state index contributed by atoms with van der Waals surface area (Å²) >= 11 is 1.56. The molecule has 1 N–H and O–H groups in total. The van der Waals surface area contributed by atoms with Crippen molar-refractivity contribution in [2.45, 2.75) is 43.9 Å². The molecule has 2 rings (SSSR count). The molecule has 2 heterocycles. The van der Waals surface area contributed by atoms with Gasteiger partial charge in [0.25, 0.3) is 0 Å². The zero-order valence-corrected chi connectivity index (χ0v) is 12.5. The highest BCUT2D eigenvalue weighted by Gasteiger charge is 2.32. The van der Waals surface area contributed by atoms with E-state index in [1.54, 1.807) is 11.3 Å². The molecule has 102 valence electrons. The molecule has 4 nitrogen and oxygen atoms in total. The number of hydrogen-bond donors (Lipinski definition) is 1. The zero-order chi connectivity index (χ0) is 13.2. The van der Waals surface area contributed by atoms with Crippen LogP contribution in [-0.2, 0) is 16.3 Å². The van der Waals surface area contributed by atoms with Crippen LogP contribution in [0.2, 0.25) is 0 Å². The fourth-order valence-corrected chi connectivity index (χ4v) is 5.63. The second-order valence-corrected chi connectivity index (χ2v) is 8.36. The number of likely N-dealkylation sites (N-methyl/N-ethyl adjacent to an activating group) is 1. The van der Waals surface area contributed by atoms with Gasteiger partial charge in [0, 0.05) is 17.1 Å². The fraction of sp³-hybridized carbons (Fsp3) is 0.750. The summed E-state index contributed by atoms with van der Waals surface area (Å²) in [6.45, 7) is 2.11. The summed E-state index contributed by atoms with van der Waals surface area (Å²) < 4.78 is 24.0. The number of rotatable bonds is 4. The van der Waals surface area contributed by atoms with Crippen molar-refractivity contribution in [3.8, 4) is 0 Å². The Morgan fingerprint density at radius 3 is 3.00 bits per heavy atom. The van der Waals surface area contributed by atoms with Crippen LogP contribution >= 0.6 is 11.3 Å². The molecule has 0 radical (unpaired) electrons. The standard InChI is InChI=1S/C12H20N2O2S2/c1-9(13-2)7-10-8-14-12(17-10)11-5-3-4-6-18(11,15)16/h8-9,11,13H,3-7H2,1-2H3. The summed E-state index contributed by atoms with van der Waals surface area (Å²) in [7, 11) is -1.04. The molecule has 0 saturated carbocycles. The van der Waals surface area contributed by atoms with E-state index in [0.717, 1.165) is 35.6 Å². The lowest BCUT2D eigenvalue weighted by molar-refractivity contribution is 0.545. The van der Waals surface area contributed by atoms with Crippen LogP contribution in [0.5, 0.6) is 0 Å². The van der Waals surface area contributed by atoms with Gasteiger partial charge in [-0.15, -0.1) is 11.3 Å². The minimum atomic E-state index is -2.97. The SMILES string of the molecule is CNC(C)Cc1cnc(C2CCCCS2(=O)=O)s1. The maximum atomic E-state index is 12.0. The summed E-state index contributed by atoms with van der Waals surface area (Å²) in [5, 5.41) is 3.61. The highest BCUT2D eigenvalue weighted by atomic mass is 32.2. The normalized spacial score (nSPS) is 24.9. The van der Waals surface area contributed by atoms with Crippen LogP contribution in [0.3, 0.4) is 0 Å². The van der Waals surface area contributed by atoms with E-state index >= 15 is 0 Å². The Morgan fingerprint density at radius 1 is 1.56 bits per heavy atom. The van der Waals surface area contributed by atoms with E-state index in [0.29, 0.717) is 11.8 Å². The average molecular weight is 288 g/mol. The van der Waals surface area contributed by atoms with Crippen molar-refractivity contribution < 1.29 is 8.42 Å². The molecular formula is C12H20N2O2S2. The molecule has 0 bridgehead atoms. The molecule has 0 aromatic carbocycles. The van der Waals surface area contributed by atoms with Crippen molar-refractivity contribution in [3.63, 3.8) is 0 Å². The van der Waals surface area contributed by atoms with Gasteiger partial charge in [0.15, 0.2) is 9.84 Å². The fourth-order valence-electron chi connectivity index (χ4n) is 2.20. The predicted molar refractivity (Wildman–Crippen MR) is 74.7 cm³/mol. The van der Waals surface area contributed by atoms with Gasteiger partial charge in [-0.05, 0) is 33.2 Å². The van der Waals surface area contributed by atoms with Crippen molar-refractivity contribution >= 4 is 21.2 Å². The first-order chi connectivity index (χ1) is 8.53. The van der Waals surface area contributed by atoms with E-state index in [9.17, 15) is 8.42 Å². The van der Waals surface area contributed by atoms with Crippen molar-refractivity contribution in [2.75, 3.05) is 12.8 Å². The first-order valence-electron chi connectivity index (χ1n) is 6.36. The third kappa shape index (κ3) is 3.10. The Hall–Kier alpha value is -0.460. The molecule has 18 heavy (non-hydrogen) atoms. The van der Waals surface area contributed by atoms with Crippen LogP contribution < -0.4 is 5.32 Å². The molecular weight excluding hydrogens is 268 g/mol. The monoisotopic (exact) mass is 288 g/mol. The van der Waals surface area contributed by atoms with E-state index in [4.69, 9.17) is 0 Å². The Labute approximate surface area is 113 Å². The lowest BCUT2D eigenvalue weighted by Crippen LogP contribution is -2.23. The Morgan fingerprint density at radius 2 is 2.33 bits per heavy atom. The minimum Gasteiger partial charge on any atom is -0.317 e. The molecule has 1 aliphatic heterocycles. The van der Waals surface area contributed by atoms with Gasteiger partial charge in [0.05, 0.1) is 5.75 Å². The maximum Gasteiger partial charge on any atom is 0.159 e. The number of thiazole rings is 1. The minimum absolute atomic E-state index is 0.319. The molecule has 1 aromatic rings. The third-order valence-corrected chi connectivity index (χ3v) is 6.89. The number of nitrogens with zero attached hydrogens (tertiary/aromatic N) is 1. The molecule has 1 fully saturated rings. The second kappa shape index (κ2) is 5.67. The quantitative estimate of drug-likeness (QED) is 0.920. The van der Waals surface area contributed by atoms with Gasteiger partial charge in [-0.3, -0.25) is 0 Å². The molecule has 1 aromatic heterocycles. The molecule has 2 unspecified atom stereocenters. The van der Waals surface area contributed by atoms with Crippen LogP contribution in [0.1, 0.15) is 41.3 Å². The van der Waals surface area contributed by atoms with Crippen LogP contribution in [-0.4, -0.2) is 32.2 Å². The smallest absolute Gasteiger partial charge is 0.159 e. The highest BCUT2D eigenvalue weighted by molar-refractivity contribution is 7.91. The molecule has 0 aliphatic carbocycles. The van der Waals surface area contributed by atoms with Crippen molar-refractivity contribution in [2.24, 2.45) is 0 Å². The summed E-state index contributed by atoms with van der Waals surface area (Å²) in [6.07, 6.45) is 5.26. The van der Waals surface area contributed by atoms with Crippen LogP contribution in [0.25, 0.3) is 0 Å². The summed E-state index contributed by atoms with van der Waals surface area (Å²) in [5.74, 6) is 0.319. The number of sulfone groups is 1. The Balaban J connectivity index is 2.14. The molecule has 0 amide bonds. The predicted octanol–water partition coefficient (Wildman–Crippen LogP) is 1.93. The first-order valence-corrected chi connectivity index (χ1v) is 8.89.